The van der Waals surface area contributed by atoms with E-state index in [0.717, 1.165) is 12.8 Å². The quantitative estimate of drug-likeness (QED) is 0.246. The van der Waals surface area contributed by atoms with Gasteiger partial charge in [-0.3, -0.25) is 9.59 Å². The number of esters is 1. The number of carboxylic acid groups (broad SMARTS) is 1. The molecule has 0 heterocycles. The molecule has 0 fully saturated rings. The predicted octanol–water partition coefficient (Wildman–Crippen LogP) is 3.36. The second-order valence-corrected chi connectivity index (χ2v) is 8.30. The third-order valence-electron chi connectivity index (χ3n) is 4.24. The molecule has 0 rings (SSSR count). The van der Waals surface area contributed by atoms with Crippen LogP contribution in [-0.4, -0.2) is 66.5 Å². The van der Waals surface area contributed by atoms with Gasteiger partial charge in [-0.2, -0.15) is 0 Å². The molecule has 6 heteroatoms. The first-order valence-electron chi connectivity index (χ1n) is 10.0. The summed E-state index contributed by atoms with van der Waals surface area (Å²) in [6.07, 6.45) is 8.44. The molecule has 154 valence electrons. The van der Waals surface area contributed by atoms with E-state index >= 15 is 0 Å². The first-order chi connectivity index (χ1) is 12.1. The number of hydrogen-bond donors (Lipinski definition) is 2. The first kappa shape index (κ1) is 24.9. The van der Waals surface area contributed by atoms with Crippen LogP contribution in [0.15, 0.2) is 0 Å². The zero-order chi connectivity index (χ0) is 20.0. The van der Waals surface area contributed by atoms with Crippen LogP contribution in [0.2, 0.25) is 0 Å². The second-order valence-electron chi connectivity index (χ2n) is 8.30. The van der Waals surface area contributed by atoms with E-state index in [9.17, 15) is 14.7 Å². The van der Waals surface area contributed by atoms with Gasteiger partial charge in [0, 0.05) is 0 Å². The van der Waals surface area contributed by atoms with Crippen molar-refractivity contribution in [2.24, 2.45) is 0 Å². The maximum absolute atomic E-state index is 12.0. The summed E-state index contributed by atoms with van der Waals surface area (Å²) in [6, 6.07) is 0. The molecule has 0 spiro atoms. The number of aliphatic hydroxyl groups excluding tert-OH is 1. The van der Waals surface area contributed by atoms with Gasteiger partial charge >= 0.3 is 11.9 Å². The number of ether oxygens (including phenoxy) is 1. The van der Waals surface area contributed by atoms with E-state index < -0.39 is 24.1 Å². The van der Waals surface area contributed by atoms with Crippen molar-refractivity contribution in [2.45, 2.75) is 89.8 Å². The van der Waals surface area contributed by atoms with Crippen molar-refractivity contribution in [1.29, 1.82) is 0 Å². The molecule has 0 aromatic heterocycles. The van der Waals surface area contributed by atoms with E-state index in [1.165, 1.54) is 38.5 Å². The van der Waals surface area contributed by atoms with Crippen LogP contribution in [-0.2, 0) is 14.3 Å². The van der Waals surface area contributed by atoms with Crippen molar-refractivity contribution in [2.75, 3.05) is 27.7 Å². The van der Waals surface area contributed by atoms with Gasteiger partial charge in [0.2, 0.25) is 0 Å². The minimum atomic E-state index is -0.990. The molecular formula is C20H40NO5+. The van der Waals surface area contributed by atoms with Crippen LogP contribution in [0.1, 0.15) is 77.6 Å². The summed E-state index contributed by atoms with van der Waals surface area (Å²) in [7, 11) is 5.75. The van der Waals surface area contributed by atoms with Crippen LogP contribution >= 0.6 is 0 Å². The summed E-state index contributed by atoms with van der Waals surface area (Å²) in [5.74, 6) is -1.51. The summed E-state index contributed by atoms with van der Waals surface area (Å²) in [6.45, 7) is 2.63. The normalized spacial score (nSPS) is 14.0. The molecule has 2 unspecified atom stereocenters. The highest BCUT2D eigenvalue weighted by molar-refractivity contribution is 5.71. The summed E-state index contributed by atoms with van der Waals surface area (Å²) in [5.41, 5.74) is 0. The molecule has 0 bridgehead atoms. The van der Waals surface area contributed by atoms with Gasteiger partial charge in [0.15, 0.2) is 6.10 Å². The van der Waals surface area contributed by atoms with Gasteiger partial charge in [-0.05, 0) is 6.42 Å². The SMILES string of the molecule is CCCCCCCCCCC(O)CC(=O)OC(CC(=O)O)C[N+](C)(C)C. The second kappa shape index (κ2) is 14.0. The fraction of sp³-hybridized carbons (Fsp3) is 0.900. The fourth-order valence-electron chi connectivity index (χ4n) is 2.99. The summed E-state index contributed by atoms with van der Waals surface area (Å²) < 4.78 is 5.80. The number of carboxylic acids is 1. The van der Waals surface area contributed by atoms with E-state index in [2.05, 4.69) is 6.92 Å². The first-order valence-corrected chi connectivity index (χ1v) is 10.0. The minimum absolute atomic E-state index is 0.0657. The Bertz CT molecular complexity index is 392. The lowest BCUT2D eigenvalue weighted by Crippen LogP contribution is -2.44. The minimum Gasteiger partial charge on any atom is -0.481 e. The van der Waals surface area contributed by atoms with Gasteiger partial charge in [-0.25, -0.2) is 0 Å². The van der Waals surface area contributed by atoms with Crippen molar-refractivity contribution in [3.63, 3.8) is 0 Å². The van der Waals surface area contributed by atoms with E-state index in [-0.39, 0.29) is 12.8 Å². The van der Waals surface area contributed by atoms with Gasteiger partial charge in [-0.1, -0.05) is 58.3 Å². The number of nitrogens with zero attached hydrogens (tertiary/aromatic N) is 1. The molecule has 0 aromatic carbocycles. The highest BCUT2D eigenvalue weighted by Crippen LogP contribution is 2.13. The Morgan fingerprint density at radius 1 is 0.923 bits per heavy atom. The van der Waals surface area contributed by atoms with Gasteiger partial charge in [0.05, 0.1) is 40.1 Å². The highest BCUT2D eigenvalue weighted by Gasteiger charge is 2.25. The molecule has 0 aliphatic carbocycles. The number of likely N-dealkylation sites (N-methyl/N-ethyl adjacent to an activating group) is 1. The maximum Gasteiger partial charge on any atom is 0.308 e. The smallest absolute Gasteiger partial charge is 0.308 e. The van der Waals surface area contributed by atoms with Gasteiger partial charge in [0.1, 0.15) is 6.54 Å². The van der Waals surface area contributed by atoms with Gasteiger partial charge < -0.3 is 19.4 Å². The molecule has 0 aliphatic rings. The van der Waals surface area contributed by atoms with Crippen molar-refractivity contribution in [3.05, 3.63) is 0 Å². The summed E-state index contributed by atoms with van der Waals surface area (Å²) >= 11 is 0. The van der Waals surface area contributed by atoms with Gasteiger partial charge in [-0.15, -0.1) is 0 Å². The zero-order valence-corrected chi connectivity index (χ0v) is 17.2. The molecule has 2 N–H and O–H groups in total. The van der Waals surface area contributed by atoms with E-state index in [1.807, 2.05) is 21.1 Å². The number of hydrogen-bond acceptors (Lipinski definition) is 4. The van der Waals surface area contributed by atoms with Crippen LogP contribution in [0.4, 0.5) is 0 Å². The number of unbranched alkanes of at least 4 members (excludes halogenated alkanes) is 7. The highest BCUT2D eigenvalue weighted by atomic mass is 16.5. The van der Waals surface area contributed by atoms with Crippen molar-refractivity contribution in [1.82, 2.24) is 0 Å². The van der Waals surface area contributed by atoms with Crippen molar-refractivity contribution < 1.29 is 29.0 Å². The lowest BCUT2D eigenvalue weighted by molar-refractivity contribution is -0.873. The Balaban J connectivity index is 3.98. The van der Waals surface area contributed by atoms with Crippen LogP contribution < -0.4 is 0 Å². The Morgan fingerprint density at radius 3 is 1.96 bits per heavy atom. The monoisotopic (exact) mass is 374 g/mol. The number of carbonyl (C=O) groups is 2. The van der Waals surface area contributed by atoms with E-state index in [1.54, 1.807) is 0 Å². The van der Waals surface area contributed by atoms with Crippen LogP contribution in [0, 0.1) is 0 Å². The topological polar surface area (TPSA) is 83.8 Å². The van der Waals surface area contributed by atoms with Crippen molar-refractivity contribution in [3.8, 4) is 0 Å². The average molecular weight is 375 g/mol. The van der Waals surface area contributed by atoms with Crippen LogP contribution in [0.25, 0.3) is 0 Å². The average Bonchev–Trinajstić information content (AvgIpc) is 2.47. The summed E-state index contributed by atoms with van der Waals surface area (Å²) in [5, 5.41) is 19.0. The van der Waals surface area contributed by atoms with Gasteiger partial charge in [0.25, 0.3) is 0 Å². The van der Waals surface area contributed by atoms with Crippen LogP contribution in [0.3, 0.4) is 0 Å². The third kappa shape index (κ3) is 16.3. The van der Waals surface area contributed by atoms with Crippen molar-refractivity contribution >= 4 is 11.9 Å². The zero-order valence-electron chi connectivity index (χ0n) is 17.2. The molecule has 0 radical (unpaired) electrons. The Hall–Kier alpha value is -1.14. The largest absolute Gasteiger partial charge is 0.481 e. The molecule has 0 amide bonds. The Morgan fingerprint density at radius 2 is 1.46 bits per heavy atom. The molecular weight excluding hydrogens is 334 g/mol. The lowest BCUT2D eigenvalue weighted by Gasteiger charge is -2.28. The van der Waals surface area contributed by atoms with E-state index in [0.29, 0.717) is 17.4 Å². The molecule has 2 atom stereocenters. The predicted molar refractivity (Wildman–Crippen MR) is 103 cm³/mol. The summed E-state index contributed by atoms with van der Waals surface area (Å²) in [4.78, 5) is 22.9. The standard InChI is InChI=1S/C20H39NO5/c1-5-6-7-8-9-10-11-12-13-17(22)14-20(25)26-18(15-19(23)24)16-21(2,3)4/h17-18,22H,5-16H2,1-4H3/p+1. The van der Waals surface area contributed by atoms with Crippen LogP contribution in [0.5, 0.6) is 0 Å². The number of aliphatic hydroxyl groups is 1. The Kier molecular flexibility index (Phi) is 13.4. The van der Waals surface area contributed by atoms with E-state index in [4.69, 9.17) is 9.84 Å². The Labute approximate surface area is 159 Å². The number of rotatable bonds is 16. The lowest BCUT2D eigenvalue weighted by atomic mass is 10.0. The third-order valence-corrected chi connectivity index (χ3v) is 4.24. The molecule has 0 saturated carbocycles. The molecule has 0 aliphatic heterocycles. The number of aliphatic carboxylic acids is 1. The maximum atomic E-state index is 12.0. The fourth-order valence-corrected chi connectivity index (χ4v) is 2.99. The molecule has 0 aromatic rings. The molecule has 26 heavy (non-hydrogen) atoms. The number of quaternary nitrogens is 1. The molecule has 0 saturated heterocycles. The molecule has 6 nitrogen and oxygen atoms in total. The number of carbonyl (C=O) groups excluding carboxylic acids is 1.